The first-order valence-corrected chi connectivity index (χ1v) is 7.60. The predicted molar refractivity (Wildman–Crippen MR) is 92.7 cm³/mol. The normalized spacial score (nSPS) is 12.6. The molecule has 2 aromatic carbocycles. The summed E-state index contributed by atoms with van der Waals surface area (Å²) in [6.45, 7) is 0.213. The van der Waals surface area contributed by atoms with E-state index < -0.39 is 5.63 Å². The van der Waals surface area contributed by atoms with Crippen LogP contribution in [0.5, 0.6) is 11.5 Å². The van der Waals surface area contributed by atoms with Gasteiger partial charge in [-0.2, -0.15) is 0 Å². The molecular weight excluding hydrogens is 322 g/mol. The zero-order valence-electron chi connectivity index (χ0n) is 13.0. The van der Waals surface area contributed by atoms with Gasteiger partial charge in [0.05, 0.1) is 0 Å². The Morgan fingerprint density at radius 3 is 2.80 bits per heavy atom. The molecule has 25 heavy (non-hydrogen) atoms. The van der Waals surface area contributed by atoms with Crippen LogP contribution in [0.25, 0.3) is 17.0 Å². The van der Waals surface area contributed by atoms with Crippen LogP contribution in [0.1, 0.15) is 5.56 Å². The number of nitrogens with one attached hydrogen (secondary N) is 1. The fraction of sp³-hybridized carbons (Fsp3) is 0.0526. The molecule has 3 aromatic rings. The van der Waals surface area contributed by atoms with Crippen LogP contribution >= 0.6 is 0 Å². The van der Waals surface area contributed by atoms with E-state index >= 15 is 0 Å². The lowest BCUT2D eigenvalue weighted by molar-refractivity contribution is -0.111. The molecule has 6 nitrogen and oxygen atoms in total. The van der Waals surface area contributed by atoms with Gasteiger partial charge in [-0.1, -0.05) is 6.07 Å². The molecule has 0 radical (unpaired) electrons. The SMILES string of the molecule is O=C(/C=C\c1ccc2c(c1)OCO2)Nc1ccc2oc(=O)ccc2c1. The van der Waals surface area contributed by atoms with Gasteiger partial charge < -0.3 is 19.2 Å². The average Bonchev–Trinajstić information content (AvgIpc) is 3.08. The summed E-state index contributed by atoms with van der Waals surface area (Å²) in [6.07, 6.45) is 3.13. The molecule has 0 fully saturated rings. The van der Waals surface area contributed by atoms with E-state index in [1.54, 1.807) is 36.4 Å². The van der Waals surface area contributed by atoms with Crippen molar-refractivity contribution in [2.24, 2.45) is 0 Å². The zero-order valence-corrected chi connectivity index (χ0v) is 13.0. The summed E-state index contributed by atoms with van der Waals surface area (Å²) in [6, 6.07) is 13.5. The number of anilines is 1. The Morgan fingerprint density at radius 2 is 1.88 bits per heavy atom. The lowest BCUT2D eigenvalue weighted by Gasteiger charge is -2.03. The highest BCUT2D eigenvalue weighted by Gasteiger charge is 2.12. The first-order valence-electron chi connectivity index (χ1n) is 7.60. The van der Waals surface area contributed by atoms with E-state index in [1.165, 1.54) is 12.1 Å². The van der Waals surface area contributed by atoms with Gasteiger partial charge in [-0.25, -0.2) is 4.79 Å². The van der Waals surface area contributed by atoms with Gasteiger partial charge in [-0.3, -0.25) is 4.79 Å². The maximum absolute atomic E-state index is 12.1. The standard InChI is InChI=1S/C19H13NO5/c21-18(7-2-12-1-5-16-17(9-12)24-11-23-16)20-14-4-6-15-13(10-14)3-8-19(22)25-15/h1-10H,11H2,(H,20,21)/b7-2-. The minimum Gasteiger partial charge on any atom is -0.454 e. The van der Waals surface area contributed by atoms with Gasteiger partial charge in [-0.05, 0) is 48.0 Å². The molecule has 0 unspecified atom stereocenters. The van der Waals surface area contributed by atoms with Gasteiger partial charge in [0.15, 0.2) is 11.5 Å². The van der Waals surface area contributed by atoms with Crippen LogP contribution in [-0.2, 0) is 4.79 Å². The van der Waals surface area contributed by atoms with Crippen molar-refractivity contribution in [3.63, 3.8) is 0 Å². The number of benzene rings is 2. The molecule has 2 heterocycles. The third kappa shape index (κ3) is 3.23. The van der Waals surface area contributed by atoms with Crippen LogP contribution in [0.2, 0.25) is 0 Å². The quantitative estimate of drug-likeness (QED) is 0.587. The molecule has 1 aliphatic heterocycles. The Balaban J connectivity index is 1.48. The van der Waals surface area contributed by atoms with Crippen molar-refractivity contribution in [3.05, 3.63) is 70.6 Å². The molecule has 0 aliphatic carbocycles. The number of fused-ring (bicyclic) bond motifs is 2. The van der Waals surface area contributed by atoms with Crippen LogP contribution in [-0.4, -0.2) is 12.7 Å². The molecule has 1 aromatic heterocycles. The molecule has 1 N–H and O–H groups in total. The molecular formula is C19H13NO5. The maximum atomic E-state index is 12.1. The van der Waals surface area contributed by atoms with Gasteiger partial charge >= 0.3 is 5.63 Å². The smallest absolute Gasteiger partial charge is 0.336 e. The highest BCUT2D eigenvalue weighted by atomic mass is 16.7. The fourth-order valence-electron chi connectivity index (χ4n) is 2.52. The minimum absolute atomic E-state index is 0.213. The Kier molecular flexibility index (Phi) is 3.70. The van der Waals surface area contributed by atoms with Gasteiger partial charge in [0.1, 0.15) is 5.58 Å². The summed E-state index contributed by atoms with van der Waals surface area (Å²) in [5.74, 6) is 1.09. The van der Waals surface area contributed by atoms with Crippen LogP contribution in [0.15, 0.2) is 63.8 Å². The number of ether oxygens (including phenoxy) is 2. The molecule has 124 valence electrons. The monoisotopic (exact) mass is 335 g/mol. The average molecular weight is 335 g/mol. The molecule has 6 heteroatoms. The molecule has 1 aliphatic rings. The summed E-state index contributed by atoms with van der Waals surface area (Å²) >= 11 is 0. The second kappa shape index (κ2) is 6.16. The van der Waals surface area contributed by atoms with Gasteiger partial charge in [0.2, 0.25) is 12.7 Å². The van der Waals surface area contributed by atoms with E-state index in [9.17, 15) is 9.59 Å². The van der Waals surface area contributed by atoms with Crippen molar-refractivity contribution in [1.29, 1.82) is 0 Å². The topological polar surface area (TPSA) is 77.8 Å². The maximum Gasteiger partial charge on any atom is 0.336 e. The molecule has 1 amide bonds. The van der Waals surface area contributed by atoms with Crippen molar-refractivity contribution in [2.75, 3.05) is 12.1 Å². The van der Waals surface area contributed by atoms with Crippen molar-refractivity contribution in [3.8, 4) is 11.5 Å². The summed E-state index contributed by atoms with van der Waals surface area (Å²) in [4.78, 5) is 23.3. The number of hydrogen-bond donors (Lipinski definition) is 1. The van der Waals surface area contributed by atoms with E-state index in [0.717, 1.165) is 10.9 Å². The molecule has 0 spiro atoms. The third-order valence-corrected chi connectivity index (χ3v) is 3.71. The highest BCUT2D eigenvalue weighted by molar-refractivity contribution is 6.02. The van der Waals surface area contributed by atoms with Gasteiger partial charge in [0.25, 0.3) is 0 Å². The van der Waals surface area contributed by atoms with Crippen LogP contribution < -0.4 is 20.4 Å². The summed E-state index contributed by atoms with van der Waals surface area (Å²) in [7, 11) is 0. The molecule has 0 saturated carbocycles. The largest absolute Gasteiger partial charge is 0.454 e. The van der Waals surface area contributed by atoms with Gasteiger partial charge in [-0.15, -0.1) is 0 Å². The van der Waals surface area contributed by atoms with E-state index in [4.69, 9.17) is 13.9 Å². The van der Waals surface area contributed by atoms with E-state index in [1.807, 2.05) is 12.1 Å². The Labute approximate surface area is 142 Å². The second-order valence-electron chi connectivity index (χ2n) is 5.44. The third-order valence-electron chi connectivity index (χ3n) is 3.71. The Bertz CT molecular complexity index is 1050. The van der Waals surface area contributed by atoms with E-state index in [2.05, 4.69) is 5.32 Å². The molecule has 0 atom stereocenters. The number of carbonyl (C=O) groups excluding carboxylic acids is 1. The van der Waals surface area contributed by atoms with Crippen LogP contribution in [0, 0.1) is 0 Å². The number of amides is 1. The summed E-state index contributed by atoms with van der Waals surface area (Å²) < 4.78 is 15.6. The highest BCUT2D eigenvalue weighted by Crippen LogP contribution is 2.32. The molecule has 4 rings (SSSR count). The minimum atomic E-state index is -0.407. The lowest BCUT2D eigenvalue weighted by atomic mass is 10.2. The van der Waals surface area contributed by atoms with Crippen LogP contribution in [0.4, 0.5) is 5.69 Å². The van der Waals surface area contributed by atoms with E-state index in [-0.39, 0.29) is 12.7 Å². The number of carbonyl (C=O) groups is 1. The van der Waals surface area contributed by atoms with Crippen molar-refractivity contribution in [1.82, 2.24) is 0 Å². The van der Waals surface area contributed by atoms with Crippen molar-refractivity contribution >= 4 is 28.6 Å². The van der Waals surface area contributed by atoms with Crippen molar-refractivity contribution in [2.45, 2.75) is 0 Å². The lowest BCUT2D eigenvalue weighted by Crippen LogP contribution is -2.07. The summed E-state index contributed by atoms with van der Waals surface area (Å²) in [5.41, 5.74) is 1.51. The first-order chi connectivity index (χ1) is 12.2. The Hall–Kier alpha value is -3.54. The number of rotatable bonds is 3. The molecule has 0 saturated heterocycles. The number of hydrogen-bond acceptors (Lipinski definition) is 5. The second-order valence-corrected chi connectivity index (χ2v) is 5.44. The van der Waals surface area contributed by atoms with Gasteiger partial charge in [0, 0.05) is 23.2 Å². The first kappa shape index (κ1) is 15.0. The van der Waals surface area contributed by atoms with Crippen molar-refractivity contribution < 1.29 is 18.7 Å². The molecule has 0 bridgehead atoms. The predicted octanol–water partition coefficient (Wildman–Crippen LogP) is 3.17. The Morgan fingerprint density at radius 1 is 1.00 bits per heavy atom. The summed E-state index contributed by atoms with van der Waals surface area (Å²) in [5, 5.41) is 3.50. The van der Waals surface area contributed by atoms with Crippen LogP contribution in [0.3, 0.4) is 0 Å². The van der Waals surface area contributed by atoms with E-state index in [0.29, 0.717) is 22.8 Å². The fourth-order valence-corrected chi connectivity index (χ4v) is 2.52. The zero-order chi connectivity index (χ0) is 17.2.